The normalized spacial score (nSPS) is 49.2. The van der Waals surface area contributed by atoms with Gasteiger partial charge in [-0.05, 0) is 325 Å². The lowest BCUT2D eigenvalue weighted by Gasteiger charge is -2.46. The third-order valence-electron chi connectivity index (χ3n) is 22.4. The molecule has 24 nitrogen and oxygen atoms in total. The molecule has 0 radical (unpaired) electrons. The Balaban J connectivity index is 0.000000212. The number of methoxy groups -OCH3 is 12. The van der Waals surface area contributed by atoms with Gasteiger partial charge in [0, 0.05) is 192 Å². The minimum atomic E-state index is -4.48. The van der Waals surface area contributed by atoms with Gasteiger partial charge >= 0.3 is 0 Å². The van der Waals surface area contributed by atoms with Gasteiger partial charge in [0.15, 0.2) is 69.0 Å². The quantitative estimate of drug-likeness (QED) is 0.0329. The molecule has 768 valence electrons. The molecular weight excluding hydrogens is 1740 g/mol. The first-order valence-electron chi connectivity index (χ1n) is 85.5. The summed E-state index contributed by atoms with van der Waals surface area (Å²) in [6.45, 7) is -37.7. The Labute approximate surface area is 945 Å². The lowest BCUT2D eigenvalue weighted by Crippen LogP contribution is -2.48. The van der Waals surface area contributed by atoms with E-state index in [1.807, 2.05) is 27.7 Å². The Morgan fingerprint density at radius 1 is 0.312 bits per heavy atom. The predicted molar refractivity (Wildman–Crippen MR) is 547 cm³/mol. The van der Waals surface area contributed by atoms with Crippen molar-refractivity contribution in [3.63, 3.8) is 0 Å². The molecule has 6 fully saturated rings. The molecule has 6 saturated heterocycles. The van der Waals surface area contributed by atoms with Gasteiger partial charge in [-0.3, -0.25) is 29.4 Å². The maximum absolute atomic E-state index is 11.5. The van der Waals surface area contributed by atoms with Crippen LogP contribution in [-0.2, 0) is 38.2 Å². The van der Waals surface area contributed by atoms with E-state index in [1.54, 1.807) is 13.8 Å². The van der Waals surface area contributed by atoms with E-state index in [1.165, 1.54) is 28.4 Å². The fourth-order valence-electron chi connectivity index (χ4n) is 16.1. The molecule has 6 aromatic rings. The largest absolute Gasteiger partial charge is 0.493 e. The fourth-order valence-corrected chi connectivity index (χ4v) is 16.1. The summed E-state index contributed by atoms with van der Waals surface area (Å²) in [6.07, 6.45) is -51.1. The molecule has 0 aliphatic carbocycles. The van der Waals surface area contributed by atoms with Crippen LogP contribution in [0.3, 0.4) is 0 Å². The number of ether oxygens (including phenoxy) is 12. The van der Waals surface area contributed by atoms with Crippen molar-refractivity contribution in [3.8, 4) is 69.0 Å². The highest BCUT2D eigenvalue weighted by Crippen LogP contribution is 2.52. The number of rotatable bonds is 24. The van der Waals surface area contributed by atoms with Crippen molar-refractivity contribution in [2.24, 2.45) is 70.9 Å². The Hall–Kier alpha value is -7.56. The van der Waals surface area contributed by atoms with Crippen molar-refractivity contribution in [2.75, 3.05) is 163 Å². The van der Waals surface area contributed by atoms with Gasteiger partial charge in [-0.2, -0.15) is 0 Å². The molecule has 18 rings (SSSR count). The highest BCUT2D eigenvalue weighted by atomic mass is 16.5. The van der Waals surface area contributed by atoms with E-state index in [0.717, 1.165) is 35.5 Å². The Morgan fingerprint density at radius 3 is 0.775 bits per heavy atom. The van der Waals surface area contributed by atoms with Crippen LogP contribution in [-0.4, -0.2) is 260 Å². The highest BCUT2D eigenvalue weighted by Gasteiger charge is 2.47. The molecule has 138 heavy (non-hydrogen) atoms. The molecule has 0 saturated carbocycles. The molecule has 21 unspecified atom stereocenters. The van der Waals surface area contributed by atoms with E-state index in [2.05, 4.69) is 0 Å². The van der Waals surface area contributed by atoms with Crippen molar-refractivity contribution in [1.29, 1.82) is 0 Å². The molecule has 6 N–H and O–H groups in total. The first kappa shape index (κ1) is 42.6. The smallest absolute Gasteiger partial charge is 0.161 e. The van der Waals surface area contributed by atoms with Crippen LogP contribution < -0.4 is 56.8 Å². The van der Waals surface area contributed by atoms with E-state index in [-0.39, 0.29) is 69.8 Å². The Morgan fingerprint density at radius 2 is 0.529 bits per heavy atom. The van der Waals surface area contributed by atoms with Gasteiger partial charge < -0.3 is 87.5 Å². The minimum Gasteiger partial charge on any atom is -0.493 e. The van der Waals surface area contributed by atoms with Gasteiger partial charge in [0.25, 0.3) is 0 Å². The monoisotopic (exact) mass is 2000 g/mol. The number of fused-ring (bicyclic) bond motifs is 18. The van der Waals surface area contributed by atoms with Crippen LogP contribution >= 0.6 is 0 Å². The van der Waals surface area contributed by atoms with E-state index >= 15 is 0 Å². The van der Waals surface area contributed by atoms with E-state index in [0.29, 0.717) is 35.5 Å². The summed E-state index contributed by atoms with van der Waals surface area (Å²) in [5.41, 5.74) is -9.11. The maximum Gasteiger partial charge on any atom is 0.161 e. The van der Waals surface area contributed by atoms with E-state index < -0.39 is 532 Å². The van der Waals surface area contributed by atoms with Crippen LogP contribution in [0.15, 0.2) is 72.5 Å². The zero-order valence-corrected chi connectivity index (χ0v) is 79.0. The molecule has 12 heterocycles. The van der Waals surface area contributed by atoms with Crippen LogP contribution in [0.4, 0.5) is 0 Å². The van der Waals surface area contributed by atoms with Gasteiger partial charge in [-0.25, -0.2) is 0 Å². The SMILES string of the molecule is [2H]c1c(OC([2H])([2H])[2H])c(OC)c([2H])c2c1C1([2H])CC(O)C(C([2H])([2H])C([2H])(C)C([2H])([2H])[2H])C([2H])([2H])N1C([2H])([2H])C2([2H])[2H].[2H]c1c(OC([2H])([2H])[2H])c(OC)c([2H])c2c1C1([2H])CC(O)C(CC(C)C)C([2H])([2H])N1C([2H])([2H])C2([2H])[2H].[2H]c1c(OC([2H])([2H])[2H])c(OC)c([2H])c2c1C1N(C([2H])([2H])C2([2H])[2H])C([2H])([2H])C([2H])(C([2H])([2H])C([2H])(C)C([2H])([2H])[2H])C([2H])(O)C1([2H])[2H].[2H]c1c(OC)c(OC)c([2H])c2c1C1([2H])CC(O)C(C([2H])([2H])C([2H])(C)C([2H])([2H])[2H])C([2H])([2H])N1C([2H])([2H])C2([2H])[2H].[2H]c1c(OC)c(OC)c([2H])c2c1C1([2H])CC(O)C(CC(C)C)C([2H])([2H])N1C([2H])([2H])C2([2H])[2H].[2H]c1c(OC)c(OC)c([2H])c2c1C1([2H])CC(O)C(CC(C)C)C([2H])([2H])N1C([2H])([2H])C2([2H])[2H]. The topological polar surface area (TPSA) is 252 Å². The first-order valence-corrected chi connectivity index (χ1v) is 43.5. The van der Waals surface area contributed by atoms with Gasteiger partial charge in [0.1, 0.15) is 0 Å². The third kappa shape index (κ3) is 25.4. The number of hydrogen-bond acceptors (Lipinski definition) is 24. The van der Waals surface area contributed by atoms with Crippen LogP contribution in [0, 0.1) is 70.9 Å². The Bertz CT molecular complexity index is 9060. The second-order valence-corrected chi connectivity index (χ2v) is 33.7. The molecule has 24 heteroatoms. The number of piperidine rings is 6. The minimum absolute atomic E-state index is 0.0430. The first-order chi connectivity index (χ1) is 98.6. The maximum atomic E-state index is 11.5. The van der Waals surface area contributed by atoms with Crippen LogP contribution in [0.25, 0.3) is 0 Å². The third-order valence-corrected chi connectivity index (χ3v) is 22.4. The lowest BCUT2D eigenvalue weighted by atomic mass is 9.79. The summed E-state index contributed by atoms with van der Waals surface area (Å²) < 4.78 is 770. The van der Waals surface area contributed by atoms with Crippen LogP contribution in [0.1, 0.15) is 378 Å². The van der Waals surface area contributed by atoms with E-state index in [4.69, 9.17) is 165 Å². The summed E-state index contributed by atoms with van der Waals surface area (Å²) in [6, 6.07) is -25.9. The summed E-state index contributed by atoms with van der Waals surface area (Å²) in [7, 11) is 0.191. The number of aliphatic hydroxyl groups is 6. The zero-order chi connectivity index (χ0) is 173. The highest BCUT2D eigenvalue weighted by molar-refractivity contribution is 5.55. The Kier molecular flexibility index (Phi) is 15.2. The molecule has 12 aliphatic rings. The molecule has 6 aromatic carbocycles. The number of aliphatic hydroxyl groups excluding tert-OH is 5. The van der Waals surface area contributed by atoms with E-state index in [9.17, 15) is 37.5 Å². The van der Waals surface area contributed by atoms with Gasteiger partial charge in [-0.15, -0.1) is 0 Å². The second kappa shape index (κ2) is 49.1. The molecule has 21 atom stereocenters. The van der Waals surface area contributed by atoms with Crippen LogP contribution in [0.2, 0.25) is 0 Å². The molecular formula is C114H174N6O18. The summed E-state index contributed by atoms with van der Waals surface area (Å²) in [5, 5.41) is 66.5. The molecule has 0 aromatic heterocycles. The number of benzene rings is 6. The van der Waals surface area contributed by atoms with Gasteiger partial charge in [0.05, 0.1) is 159 Å². The average molecular weight is 2000 g/mol. The molecule has 12 aliphatic heterocycles. The van der Waals surface area contributed by atoms with Crippen molar-refractivity contribution < 1.29 is 203 Å². The summed E-state index contributed by atoms with van der Waals surface area (Å²) in [4.78, 5) is 0.969. The van der Waals surface area contributed by atoms with Crippen molar-refractivity contribution in [1.82, 2.24) is 29.4 Å². The molecule has 0 amide bonds. The zero-order valence-electron chi connectivity index (χ0n) is 163. The van der Waals surface area contributed by atoms with Crippen LogP contribution in [0.5, 0.6) is 69.0 Å². The average Bonchev–Trinajstić information content (AvgIpc) is 0.633. The standard InChI is InChI=1S/6C19H29NO3/c6*1-12(2)7-14-11-20-6-5-13-8-18(22-3)19(23-4)9-15(13)16(20)10-17(14)21/h6*8-9,12,14,16-17,21H,5-7,10-11H2,1-4H3/i1D3,4D3,5D2,6D2,7D2,8D,9D,10D2,11D2,12D,14D,17D;1D3,4D3,5D2,6D2,7D2,8D,9D,11D2,12D,16D;1D3,5D2,6D2,7D2,8D,9D,11D2,12D,16D;4D3,5D2,6D2,8D,9D,11D2,16D;2*5D2,6D2,8D,9D,11D2,16D. The van der Waals surface area contributed by atoms with Crippen molar-refractivity contribution >= 4 is 0 Å². The number of hydrogen-bond donors (Lipinski definition) is 6. The van der Waals surface area contributed by atoms with Gasteiger partial charge in [-0.1, -0.05) is 82.9 Å². The lowest BCUT2D eigenvalue weighted by molar-refractivity contribution is -0.0192. The van der Waals surface area contributed by atoms with Gasteiger partial charge in [0.2, 0.25) is 0 Å². The molecule has 0 spiro atoms. The summed E-state index contributed by atoms with van der Waals surface area (Å²) in [5.74, 6) is -29.8. The summed E-state index contributed by atoms with van der Waals surface area (Å²) >= 11 is 0. The predicted octanol–water partition coefficient (Wildman–Crippen LogP) is 18.2. The van der Waals surface area contributed by atoms with Crippen molar-refractivity contribution in [3.05, 3.63) is 139 Å². The number of nitrogens with zero attached hydrogens (tertiary/aromatic N) is 6. The fraction of sp³-hybridized carbons (Fsp3) is 0.684. The molecule has 0 bridgehead atoms. The second-order valence-electron chi connectivity index (χ2n) is 33.7. The van der Waals surface area contributed by atoms with Crippen molar-refractivity contribution in [2.45, 2.75) is 271 Å².